The number of non-ortho nitro benzene ring substituents is 1. The molecule has 0 unspecified atom stereocenters. The third kappa shape index (κ3) is 2.47. The maximum Gasteiger partial charge on any atom is 0.303 e. The highest BCUT2D eigenvalue weighted by molar-refractivity contribution is 7.18. The fraction of sp³-hybridized carbons (Fsp3) is 0. The number of thiophene rings is 1. The van der Waals surface area contributed by atoms with Gasteiger partial charge in [-0.3, -0.25) is 25.0 Å². The minimum atomic E-state index is -0.684. The summed E-state index contributed by atoms with van der Waals surface area (Å²) in [5.74, 6) is -0.543. The molecule has 1 heterocycles. The second kappa shape index (κ2) is 5.05. The normalized spacial score (nSPS) is 10.2. The lowest BCUT2D eigenvalue weighted by molar-refractivity contribution is -0.384. The zero-order valence-corrected chi connectivity index (χ0v) is 10.6. The van der Waals surface area contributed by atoms with E-state index in [0.29, 0.717) is 0 Å². The third-order valence-corrected chi connectivity index (χ3v) is 3.43. The highest BCUT2D eigenvalue weighted by Crippen LogP contribution is 2.33. The average molecular weight is 293 g/mol. The molecule has 102 valence electrons. The standard InChI is InChI=1S/C11H7N3O5S/c12-11-8(14(18)19)5-9(20-11)10(15)6-2-1-3-7(4-6)13(16)17/h1-5H,12H2. The molecule has 0 aliphatic rings. The van der Waals surface area contributed by atoms with Crippen molar-refractivity contribution in [3.63, 3.8) is 0 Å². The van der Waals surface area contributed by atoms with Gasteiger partial charge in [0, 0.05) is 23.8 Å². The summed E-state index contributed by atoms with van der Waals surface area (Å²) in [4.78, 5) is 32.2. The van der Waals surface area contributed by atoms with Gasteiger partial charge >= 0.3 is 5.69 Å². The van der Waals surface area contributed by atoms with Crippen LogP contribution < -0.4 is 5.73 Å². The van der Waals surface area contributed by atoms with Gasteiger partial charge < -0.3 is 5.73 Å². The van der Waals surface area contributed by atoms with Gasteiger partial charge in [0.05, 0.1) is 14.7 Å². The molecule has 2 rings (SSSR count). The maximum atomic E-state index is 12.1. The van der Waals surface area contributed by atoms with Crippen molar-refractivity contribution in [1.29, 1.82) is 0 Å². The Morgan fingerprint density at radius 1 is 1.15 bits per heavy atom. The first-order valence-electron chi connectivity index (χ1n) is 5.23. The summed E-state index contributed by atoms with van der Waals surface area (Å²) in [5, 5.41) is 21.2. The number of carbonyl (C=O) groups excluding carboxylic acids is 1. The monoisotopic (exact) mass is 293 g/mol. The smallest absolute Gasteiger partial charge is 0.303 e. The van der Waals surface area contributed by atoms with Crippen LogP contribution in [0.15, 0.2) is 30.3 Å². The summed E-state index contributed by atoms with van der Waals surface area (Å²) in [6, 6.07) is 6.21. The van der Waals surface area contributed by atoms with Crippen molar-refractivity contribution in [2.24, 2.45) is 0 Å². The lowest BCUT2D eigenvalue weighted by atomic mass is 10.1. The van der Waals surface area contributed by atoms with E-state index in [0.717, 1.165) is 23.5 Å². The molecule has 20 heavy (non-hydrogen) atoms. The van der Waals surface area contributed by atoms with E-state index in [1.54, 1.807) is 0 Å². The summed E-state index contributed by atoms with van der Waals surface area (Å²) >= 11 is 0.777. The number of rotatable bonds is 4. The van der Waals surface area contributed by atoms with Gasteiger partial charge in [-0.1, -0.05) is 12.1 Å². The Hall–Kier alpha value is -2.81. The van der Waals surface area contributed by atoms with E-state index in [-0.39, 0.29) is 26.8 Å². The molecular formula is C11H7N3O5S. The molecule has 0 atom stereocenters. The predicted molar refractivity (Wildman–Crippen MR) is 71.9 cm³/mol. The largest absolute Gasteiger partial charge is 0.385 e. The topological polar surface area (TPSA) is 129 Å². The number of hydrogen-bond acceptors (Lipinski definition) is 7. The number of hydrogen-bond donors (Lipinski definition) is 1. The zero-order valence-electron chi connectivity index (χ0n) is 9.81. The predicted octanol–water partition coefficient (Wildman–Crippen LogP) is 2.38. The minimum Gasteiger partial charge on any atom is -0.385 e. The number of nitrogen functional groups attached to an aromatic ring is 1. The van der Waals surface area contributed by atoms with Crippen molar-refractivity contribution in [2.45, 2.75) is 0 Å². The van der Waals surface area contributed by atoms with E-state index in [4.69, 9.17) is 5.73 Å². The van der Waals surface area contributed by atoms with Gasteiger partial charge in [-0.25, -0.2) is 0 Å². The number of nitrogens with two attached hydrogens (primary N) is 1. The first kappa shape index (κ1) is 13.6. The molecule has 0 aliphatic carbocycles. The van der Waals surface area contributed by atoms with Crippen molar-refractivity contribution in [2.75, 3.05) is 5.73 Å². The van der Waals surface area contributed by atoms with Crippen molar-refractivity contribution in [3.05, 3.63) is 61.0 Å². The molecule has 0 bridgehead atoms. The molecule has 0 aliphatic heterocycles. The van der Waals surface area contributed by atoms with Crippen LogP contribution in [0.4, 0.5) is 16.4 Å². The fourth-order valence-corrected chi connectivity index (χ4v) is 2.41. The number of ketones is 1. The number of benzene rings is 1. The summed E-state index contributed by atoms with van der Waals surface area (Å²) < 4.78 is 0. The molecule has 0 spiro atoms. The number of carbonyl (C=O) groups is 1. The second-order valence-electron chi connectivity index (χ2n) is 3.75. The van der Waals surface area contributed by atoms with Crippen LogP contribution in [0.1, 0.15) is 15.2 Å². The number of anilines is 1. The highest BCUT2D eigenvalue weighted by atomic mass is 32.1. The Morgan fingerprint density at radius 2 is 1.85 bits per heavy atom. The van der Waals surface area contributed by atoms with Crippen LogP contribution in [0, 0.1) is 20.2 Å². The molecule has 0 saturated heterocycles. The van der Waals surface area contributed by atoms with Gasteiger partial charge in [-0.15, -0.1) is 11.3 Å². The number of nitro benzene ring substituents is 1. The van der Waals surface area contributed by atoms with Crippen LogP contribution >= 0.6 is 11.3 Å². The molecule has 9 heteroatoms. The molecule has 1 aromatic heterocycles. The fourth-order valence-electron chi connectivity index (χ4n) is 1.55. The summed E-state index contributed by atoms with van der Waals surface area (Å²) in [6.45, 7) is 0. The first-order chi connectivity index (χ1) is 9.40. The molecule has 0 radical (unpaired) electrons. The molecule has 0 amide bonds. The van der Waals surface area contributed by atoms with Gasteiger partial charge in [0.15, 0.2) is 5.00 Å². The van der Waals surface area contributed by atoms with Crippen LogP contribution in [-0.2, 0) is 0 Å². The molecule has 1 aromatic carbocycles. The Balaban J connectivity index is 2.41. The SMILES string of the molecule is Nc1sc(C(=O)c2cccc([N+](=O)[O-])c2)cc1[N+](=O)[O-]. The van der Waals surface area contributed by atoms with Crippen molar-refractivity contribution in [3.8, 4) is 0 Å². The van der Waals surface area contributed by atoms with E-state index in [1.165, 1.54) is 18.2 Å². The summed E-state index contributed by atoms with van der Waals surface area (Å²) in [7, 11) is 0. The first-order valence-corrected chi connectivity index (χ1v) is 6.04. The van der Waals surface area contributed by atoms with E-state index >= 15 is 0 Å². The van der Waals surface area contributed by atoms with Crippen LogP contribution in [0.5, 0.6) is 0 Å². The number of nitro groups is 2. The molecular weight excluding hydrogens is 286 g/mol. The minimum absolute atomic E-state index is 0.0645. The van der Waals surface area contributed by atoms with Crippen molar-refractivity contribution < 1.29 is 14.6 Å². The summed E-state index contributed by atoms with van der Waals surface area (Å²) in [5.41, 5.74) is 4.96. The van der Waals surface area contributed by atoms with Gasteiger partial charge in [-0.2, -0.15) is 0 Å². The lowest BCUT2D eigenvalue weighted by Crippen LogP contribution is -1.99. The lowest BCUT2D eigenvalue weighted by Gasteiger charge is -1.97. The Bertz CT molecular complexity index is 725. The van der Waals surface area contributed by atoms with E-state index < -0.39 is 15.6 Å². The van der Waals surface area contributed by atoms with Crippen LogP contribution in [0.2, 0.25) is 0 Å². The van der Waals surface area contributed by atoms with Gasteiger partial charge in [0.25, 0.3) is 5.69 Å². The summed E-state index contributed by atoms with van der Waals surface area (Å²) in [6.07, 6.45) is 0. The molecule has 0 fully saturated rings. The van der Waals surface area contributed by atoms with Gasteiger partial charge in [-0.05, 0) is 0 Å². The second-order valence-corrected chi connectivity index (χ2v) is 4.84. The van der Waals surface area contributed by atoms with E-state index in [1.807, 2.05) is 0 Å². The maximum absolute atomic E-state index is 12.1. The van der Waals surface area contributed by atoms with Crippen molar-refractivity contribution in [1.82, 2.24) is 0 Å². The van der Waals surface area contributed by atoms with Crippen LogP contribution in [0.25, 0.3) is 0 Å². The Labute approximate surface area is 115 Å². The van der Waals surface area contributed by atoms with Gasteiger partial charge in [0.1, 0.15) is 0 Å². The molecule has 2 N–H and O–H groups in total. The molecule has 2 aromatic rings. The number of nitrogens with zero attached hydrogens (tertiary/aromatic N) is 2. The van der Waals surface area contributed by atoms with E-state index in [2.05, 4.69) is 0 Å². The quantitative estimate of drug-likeness (QED) is 0.523. The van der Waals surface area contributed by atoms with Crippen LogP contribution in [0.3, 0.4) is 0 Å². The van der Waals surface area contributed by atoms with E-state index in [9.17, 15) is 25.0 Å². The zero-order chi connectivity index (χ0) is 14.9. The average Bonchev–Trinajstić information content (AvgIpc) is 2.80. The Kier molecular flexibility index (Phi) is 3.44. The third-order valence-electron chi connectivity index (χ3n) is 2.48. The van der Waals surface area contributed by atoms with Gasteiger partial charge in [0.2, 0.25) is 5.78 Å². The molecule has 0 saturated carbocycles. The van der Waals surface area contributed by atoms with Crippen molar-refractivity contribution >= 4 is 33.5 Å². The van der Waals surface area contributed by atoms with Crippen LogP contribution in [-0.4, -0.2) is 15.6 Å². The Morgan fingerprint density at radius 3 is 2.40 bits per heavy atom. The highest BCUT2D eigenvalue weighted by Gasteiger charge is 2.22. The molecule has 8 nitrogen and oxygen atoms in total.